The summed E-state index contributed by atoms with van der Waals surface area (Å²) in [6.07, 6.45) is 4.15. The van der Waals surface area contributed by atoms with Gasteiger partial charge in [0.15, 0.2) is 0 Å². The van der Waals surface area contributed by atoms with Crippen LogP contribution in [0.15, 0.2) is 18.3 Å². The summed E-state index contributed by atoms with van der Waals surface area (Å²) in [7, 11) is 2.01. The van der Waals surface area contributed by atoms with E-state index in [1.807, 2.05) is 13.2 Å². The van der Waals surface area contributed by atoms with Crippen molar-refractivity contribution in [2.45, 2.75) is 31.0 Å². The number of nitrogens with one attached hydrogen (secondary N) is 1. The van der Waals surface area contributed by atoms with E-state index >= 15 is 0 Å². The number of hydrogen-bond acceptors (Lipinski definition) is 4. The van der Waals surface area contributed by atoms with Crippen LogP contribution < -0.4 is 5.32 Å². The van der Waals surface area contributed by atoms with Gasteiger partial charge in [0.1, 0.15) is 0 Å². The quantitative estimate of drug-likeness (QED) is 0.793. The van der Waals surface area contributed by atoms with E-state index in [1.165, 1.54) is 24.1 Å². The molecule has 2 N–H and O–H groups in total. The topological polar surface area (TPSA) is 48.4 Å². The maximum atomic E-state index is 9.26. The van der Waals surface area contributed by atoms with Gasteiger partial charge in [0, 0.05) is 25.8 Å². The molecular weight excluding hydrogens is 214 g/mol. The Hall–Kier alpha value is -0.970. The average molecular weight is 233 g/mol. The van der Waals surface area contributed by atoms with Gasteiger partial charge in [0.05, 0.1) is 17.3 Å². The molecule has 4 nitrogen and oxygen atoms in total. The second-order valence-corrected chi connectivity index (χ2v) is 5.23. The number of aliphatic hydroxyl groups excluding tert-OH is 1. The van der Waals surface area contributed by atoms with Gasteiger partial charge in [-0.05, 0) is 37.6 Å². The van der Waals surface area contributed by atoms with Crippen LogP contribution >= 0.6 is 0 Å². The predicted octanol–water partition coefficient (Wildman–Crippen LogP) is 0.467. The molecule has 1 aromatic rings. The van der Waals surface area contributed by atoms with Crippen LogP contribution in [0.1, 0.15) is 24.1 Å². The minimum atomic E-state index is -0.122. The summed E-state index contributed by atoms with van der Waals surface area (Å²) in [4.78, 5) is 6.73. The maximum Gasteiger partial charge on any atom is 0.0794 e. The predicted molar refractivity (Wildman–Crippen MR) is 65.5 cm³/mol. The van der Waals surface area contributed by atoms with Crippen molar-refractivity contribution in [3.8, 4) is 0 Å². The van der Waals surface area contributed by atoms with Crippen molar-refractivity contribution in [3.05, 3.63) is 29.6 Å². The molecule has 4 heteroatoms. The molecule has 0 amide bonds. The van der Waals surface area contributed by atoms with Gasteiger partial charge in [-0.1, -0.05) is 0 Å². The second-order valence-electron chi connectivity index (χ2n) is 5.23. The van der Waals surface area contributed by atoms with Gasteiger partial charge in [0.25, 0.3) is 0 Å². The van der Waals surface area contributed by atoms with E-state index < -0.39 is 0 Å². The summed E-state index contributed by atoms with van der Waals surface area (Å²) in [6.45, 7) is 2.52. The molecule has 2 heterocycles. The number of likely N-dealkylation sites (tertiary alicyclic amines) is 1. The summed E-state index contributed by atoms with van der Waals surface area (Å²) >= 11 is 0. The van der Waals surface area contributed by atoms with E-state index in [4.69, 9.17) is 0 Å². The van der Waals surface area contributed by atoms with Crippen molar-refractivity contribution in [1.29, 1.82) is 0 Å². The molecule has 0 radical (unpaired) electrons. The van der Waals surface area contributed by atoms with Crippen molar-refractivity contribution in [2.75, 3.05) is 20.1 Å². The van der Waals surface area contributed by atoms with Gasteiger partial charge < -0.3 is 10.4 Å². The summed E-state index contributed by atoms with van der Waals surface area (Å²) in [5.41, 5.74) is 2.60. The smallest absolute Gasteiger partial charge is 0.0794 e. The lowest BCUT2D eigenvalue weighted by Gasteiger charge is -2.35. The van der Waals surface area contributed by atoms with Gasteiger partial charge in [0.2, 0.25) is 0 Å². The van der Waals surface area contributed by atoms with Gasteiger partial charge >= 0.3 is 0 Å². The molecule has 0 bridgehead atoms. The van der Waals surface area contributed by atoms with Gasteiger partial charge in [-0.3, -0.25) is 9.88 Å². The summed E-state index contributed by atoms with van der Waals surface area (Å²) < 4.78 is 0. The largest absolute Gasteiger partial charge is 0.390 e. The molecule has 1 saturated carbocycles. The Labute approximate surface area is 102 Å². The summed E-state index contributed by atoms with van der Waals surface area (Å²) in [5, 5.41) is 12.6. The maximum absolute atomic E-state index is 9.26. The highest BCUT2D eigenvalue weighted by Gasteiger charge is 2.44. The highest BCUT2D eigenvalue weighted by Crippen LogP contribution is 2.44. The lowest BCUT2D eigenvalue weighted by atomic mass is 10.1. The molecule has 3 rings (SSSR count). The van der Waals surface area contributed by atoms with Gasteiger partial charge in [-0.25, -0.2) is 0 Å². The first-order valence-electron chi connectivity index (χ1n) is 6.27. The molecule has 92 valence electrons. The number of hydrogen-bond donors (Lipinski definition) is 2. The second kappa shape index (κ2) is 4.05. The molecule has 17 heavy (non-hydrogen) atoms. The average Bonchev–Trinajstić information content (AvgIpc) is 3.08. The molecule has 0 unspecified atom stereocenters. The number of aliphatic hydroxyl groups is 1. The molecule has 0 atom stereocenters. The van der Waals surface area contributed by atoms with Crippen molar-refractivity contribution >= 4 is 0 Å². The third kappa shape index (κ3) is 2.08. The molecule has 1 aromatic heterocycles. The lowest BCUT2D eigenvalue weighted by Crippen LogP contribution is -2.49. The highest BCUT2D eigenvalue weighted by atomic mass is 16.3. The van der Waals surface area contributed by atoms with E-state index in [1.54, 1.807) is 0 Å². The van der Waals surface area contributed by atoms with Crippen LogP contribution in [0.5, 0.6) is 0 Å². The van der Waals surface area contributed by atoms with Gasteiger partial charge in [-0.2, -0.15) is 0 Å². The fourth-order valence-corrected chi connectivity index (χ4v) is 2.52. The highest BCUT2D eigenvalue weighted by molar-refractivity contribution is 5.27. The molecule has 1 saturated heterocycles. The van der Waals surface area contributed by atoms with Crippen LogP contribution in [0.4, 0.5) is 0 Å². The summed E-state index contributed by atoms with van der Waals surface area (Å²) in [6, 6.07) is 4.27. The van der Waals surface area contributed by atoms with Gasteiger partial charge in [-0.15, -0.1) is 0 Å². The third-order valence-corrected chi connectivity index (χ3v) is 3.89. The number of pyridine rings is 1. The Balaban J connectivity index is 1.71. The van der Waals surface area contributed by atoms with E-state index in [0.29, 0.717) is 0 Å². The van der Waals surface area contributed by atoms with Crippen LogP contribution in [0.3, 0.4) is 0 Å². The number of rotatable bonds is 4. The fourth-order valence-electron chi connectivity index (χ4n) is 2.52. The SMILES string of the molecule is CNC1(c2cc(CN3CC(O)C3)ccn2)CC1. The van der Waals surface area contributed by atoms with Crippen molar-refractivity contribution < 1.29 is 5.11 Å². The molecule has 0 spiro atoms. The lowest BCUT2D eigenvalue weighted by molar-refractivity contribution is -0.00289. The van der Waals surface area contributed by atoms with Crippen LogP contribution in [-0.4, -0.2) is 41.2 Å². The Kier molecular flexibility index (Phi) is 2.65. The first-order chi connectivity index (χ1) is 8.22. The van der Waals surface area contributed by atoms with Crippen LogP contribution in [-0.2, 0) is 12.1 Å². The van der Waals surface area contributed by atoms with E-state index in [-0.39, 0.29) is 11.6 Å². The van der Waals surface area contributed by atoms with Crippen LogP contribution in [0.2, 0.25) is 0 Å². The Morgan fingerprint density at radius 1 is 1.53 bits per heavy atom. The zero-order valence-electron chi connectivity index (χ0n) is 10.2. The Morgan fingerprint density at radius 3 is 2.88 bits per heavy atom. The molecule has 1 aliphatic carbocycles. The minimum Gasteiger partial charge on any atom is -0.390 e. The summed E-state index contributed by atoms with van der Waals surface area (Å²) in [5.74, 6) is 0. The van der Waals surface area contributed by atoms with E-state index in [9.17, 15) is 5.11 Å². The number of β-amino-alcohol motifs (C(OH)–C–C–N with tert-alkyl or cyclic N) is 1. The first kappa shape index (κ1) is 11.1. The fraction of sp³-hybridized carbons (Fsp3) is 0.615. The molecule has 1 aliphatic heterocycles. The minimum absolute atomic E-state index is 0.122. The molecular formula is C13H19N3O. The van der Waals surface area contributed by atoms with E-state index in [0.717, 1.165) is 19.6 Å². The first-order valence-corrected chi connectivity index (χ1v) is 6.27. The van der Waals surface area contributed by atoms with E-state index in [2.05, 4.69) is 27.3 Å². The zero-order valence-corrected chi connectivity index (χ0v) is 10.2. The van der Waals surface area contributed by atoms with Crippen molar-refractivity contribution in [3.63, 3.8) is 0 Å². The van der Waals surface area contributed by atoms with Crippen LogP contribution in [0.25, 0.3) is 0 Å². The standard InChI is InChI=1S/C13H19N3O/c1-14-13(3-4-13)12-6-10(2-5-15-12)7-16-8-11(17)9-16/h2,5-6,11,14,17H,3-4,7-9H2,1H3. The Bertz CT molecular complexity index is 411. The molecule has 0 aromatic carbocycles. The van der Waals surface area contributed by atoms with Crippen molar-refractivity contribution in [1.82, 2.24) is 15.2 Å². The normalized spacial score (nSPS) is 23.4. The number of nitrogens with zero attached hydrogens (tertiary/aromatic N) is 2. The zero-order chi connectivity index (χ0) is 11.9. The monoisotopic (exact) mass is 233 g/mol. The Morgan fingerprint density at radius 2 is 2.29 bits per heavy atom. The van der Waals surface area contributed by atoms with Crippen LogP contribution in [0, 0.1) is 0 Å². The third-order valence-electron chi connectivity index (χ3n) is 3.89. The molecule has 2 aliphatic rings. The molecule has 2 fully saturated rings. The van der Waals surface area contributed by atoms with Crippen molar-refractivity contribution in [2.24, 2.45) is 0 Å². The number of aromatic nitrogens is 1.